The molecule has 1 saturated heterocycles. The van der Waals surface area contributed by atoms with E-state index in [1.54, 1.807) is 31.2 Å². The molecule has 0 radical (unpaired) electrons. The molecule has 6 rings (SSSR count). The van der Waals surface area contributed by atoms with E-state index in [2.05, 4.69) is 4.84 Å². The molecule has 0 unspecified atom stereocenters. The number of alkyl halides is 5. The molecule has 2 fully saturated rings. The summed E-state index contributed by atoms with van der Waals surface area (Å²) in [5, 5.41) is 1.02. The fraction of sp³-hybridized carbons (Fsp3) is 0.385. The standard InChI is InChI=1S/C39H39ClF5N3O7S/c1-2-53-34-23-27(11-16-33(34)40)24-7-12-28(13-8-24)38(41,42)35(36(49)47-19-17-29(46)18-20-47)48(55-37(50)39(43,44)45)56(51,52)32-15-10-25-21-31(14-9-26(25)22-32)54-30-5-3-4-6-30/h7-16,21-23,29-30,35H,2-6,17-20,46H2,1H3/t35-/m0/s1. The molecule has 0 bridgehead atoms. The minimum Gasteiger partial charge on any atom is -0.492 e. The van der Waals surface area contributed by atoms with E-state index in [1.165, 1.54) is 30.3 Å². The lowest BCUT2D eigenvalue weighted by atomic mass is 9.96. The molecule has 300 valence electrons. The van der Waals surface area contributed by atoms with Crippen molar-refractivity contribution in [2.45, 2.75) is 80.6 Å². The molecule has 1 saturated carbocycles. The third-order valence-corrected chi connectivity index (χ3v) is 11.7. The Morgan fingerprint density at radius 1 is 0.875 bits per heavy atom. The van der Waals surface area contributed by atoms with Gasteiger partial charge in [0.1, 0.15) is 11.5 Å². The fourth-order valence-corrected chi connectivity index (χ4v) is 8.34. The Kier molecular flexibility index (Phi) is 12.1. The first-order valence-electron chi connectivity index (χ1n) is 18.0. The molecule has 0 aromatic heterocycles. The number of carbonyl (C=O) groups is 2. The van der Waals surface area contributed by atoms with Gasteiger partial charge in [0.25, 0.3) is 15.9 Å². The summed E-state index contributed by atoms with van der Waals surface area (Å²) in [6, 6.07) is 13.3. The normalized spacial score (nSPS) is 16.6. The monoisotopic (exact) mass is 823 g/mol. The van der Waals surface area contributed by atoms with Crippen LogP contribution in [0, 0.1) is 0 Å². The number of carbonyl (C=O) groups excluding carboxylic acids is 2. The van der Waals surface area contributed by atoms with Gasteiger partial charge in [0.2, 0.25) is 6.04 Å². The van der Waals surface area contributed by atoms with E-state index in [-0.39, 0.29) is 37.4 Å². The zero-order valence-electron chi connectivity index (χ0n) is 30.1. The molecule has 17 heteroatoms. The molecule has 56 heavy (non-hydrogen) atoms. The Morgan fingerprint density at radius 3 is 2.14 bits per heavy atom. The SMILES string of the molecule is CCOc1cc(-c2ccc(C(F)(F)[C@H](C(=O)N3CCC(N)CC3)N(OC(=O)C(F)(F)F)S(=O)(=O)c3ccc4cc(OC5CCCC5)ccc4c3)cc2)ccc1Cl. The maximum atomic E-state index is 17.1. The van der Waals surface area contributed by atoms with Gasteiger partial charge in [-0.25, -0.2) is 13.2 Å². The van der Waals surface area contributed by atoms with E-state index in [4.69, 9.17) is 26.8 Å². The Labute approximate surface area is 325 Å². The molecule has 1 atom stereocenters. The van der Waals surface area contributed by atoms with Gasteiger partial charge in [-0.3, -0.25) is 4.79 Å². The van der Waals surface area contributed by atoms with Gasteiger partial charge in [-0.2, -0.15) is 22.0 Å². The number of hydroxylamine groups is 1. The Bertz CT molecular complexity index is 2180. The second kappa shape index (κ2) is 16.5. The minimum atomic E-state index is -5.84. The smallest absolute Gasteiger partial charge is 0.492 e. The molecule has 1 heterocycles. The van der Waals surface area contributed by atoms with Crippen molar-refractivity contribution in [1.82, 2.24) is 9.37 Å². The summed E-state index contributed by atoms with van der Waals surface area (Å²) in [5.74, 6) is -8.49. The highest BCUT2D eigenvalue weighted by Gasteiger charge is 2.58. The van der Waals surface area contributed by atoms with Crippen LogP contribution in [0.15, 0.2) is 83.8 Å². The highest BCUT2D eigenvalue weighted by atomic mass is 35.5. The number of piperidine rings is 1. The van der Waals surface area contributed by atoms with Crippen LogP contribution in [0.25, 0.3) is 21.9 Å². The molecular weight excluding hydrogens is 785 g/mol. The summed E-state index contributed by atoms with van der Waals surface area (Å²) in [6.45, 7) is 1.60. The number of hydrogen-bond acceptors (Lipinski definition) is 8. The largest absolute Gasteiger partial charge is 0.492 e. The lowest BCUT2D eigenvalue weighted by Gasteiger charge is -2.38. The number of halogens is 6. The number of rotatable bonds is 12. The molecular formula is C39H39ClF5N3O7S. The highest BCUT2D eigenvalue weighted by Crippen LogP contribution is 2.41. The Balaban J connectivity index is 1.43. The summed E-state index contributed by atoms with van der Waals surface area (Å²) in [4.78, 5) is 31.0. The van der Waals surface area contributed by atoms with Gasteiger partial charge in [0.15, 0.2) is 0 Å². The lowest BCUT2D eigenvalue weighted by Crippen LogP contribution is -2.60. The summed E-state index contributed by atoms with van der Waals surface area (Å²) in [5.41, 5.74) is 5.88. The number of benzene rings is 4. The van der Waals surface area contributed by atoms with Crippen LogP contribution in [-0.2, 0) is 30.4 Å². The number of hydrogen-bond donors (Lipinski definition) is 1. The van der Waals surface area contributed by atoms with E-state index < -0.39 is 61.0 Å². The zero-order valence-corrected chi connectivity index (χ0v) is 31.7. The molecule has 1 aliphatic carbocycles. The van der Waals surface area contributed by atoms with Crippen LogP contribution in [0.2, 0.25) is 5.02 Å². The molecule has 4 aromatic carbocycles. The first-order chi connectivity index (χ1) is 26.5. The molecule has 0 spiro atoms. The van der Waals surface area contributed by atoms with Crippen molar-refractivity contribution >= 4 is 44.3 Å². The van der Waals surface area contributed by atoms with Gasteiger partial charge in [-0.05, 0) is 108 Å². The van der Waals surface area contributed by atoms with Crippen LogP contribution in [0.3, 0.4) is 0 Å². The number of amides is 1. The van der Waals surface area contributed by atoms with Crippen molar-refractivity contribution in [2.75, 3.05) is 19.7 Å². The van der Waals surface area contributed by atoms with Crippen LogP contribution < -0.4 is 15.2 Å². The van der Waals surface area contributed by atoms with Crippen LogP contribution in [0.5, 0.6) is 11.5 Å². The summed E-state index contributed by atoms with van der Waals surface area (Å²) in [7, 11) is -5.65. The van der Waals surface area contributed by atoms with Crippen molar-refractivity contribution in [3.8, 4) is 22.6 Å². The number of fused-ring (bicyclic) bond motifs is 1. The number of nitrogens with zero attached hydrogens (tertiary/aromatic N) is 2. The van der Waals surface area contributed by atoms with Gasteiger partial charge in [0, 0.05) is 24.7 Å². The molecule has 10 nitrogen and oxygen atoms in total. The minimum absolute atomic E-state index is 0.0117. The summed E-state index contributed by atoms with van der Waals surface area (Å²) in [6.07, 6.45) is -1.77. The predicted molar refractivity (Wildman–Crippen MR) is 198 cm³/mol. The molecule has 2 aliphatic rings. The van der Waals surface area contributed by atoms with Crippen molar-refractivity contribution < 1.29 is 54.3 Å². The zero-order chi connectivity index (χ0) is 40.4. The second-order valence-electron chi connectivity index (χ2n) is 13.7. The van der Waals surface area contributed by atoms with Gasteiger partial charge < -0.3 is 24.9 Å². The van der Waals surface area contributed by atoms with E-state index >= 15 is 8.78 Å². The Morgan fingerprint density at radius 2 is 1.50 bits per heavy atom. The number of likely N-dealkylation sites (tertiary alicyclic amines) is 1. The maximum Gasteiger partial charge on any atom is 0.492 e. The lowest BCUT2D eigenvalue weighted by molar-refractivity contribution is -0.239. The van der Waals surface area contributed by atoms with E-state index in [1.807, 2.05) is 0 Å². The number of sulfonamides is 1. The van der Waals surface area contributed by atoms with Gasteiger partial charge in [0.05, 0.1) is 22.6 Å². The molecule has 2 N–H and O–H groups in total. The number of nitrogens with two attached hydrogens (primary N) is 1. The van der Waals surface area contributed by atoms with E-state index in [0.717, 1.165) is 54.8 Å². The van der Waals surface area contributed by atoms with E-state index in [0.29, 0.717) is 39.6 Å². The summed E-state index contributed by atoms with van der Waals surface area (Å²) < 4.78 is 115. The first kappa shape index (κ1) is 41.1. The number of ether oxygens (including phenoxy) is 2. The van der Waals surface area contributed by atoms with Gasteiger partial charge >= 0.3 is 18.1 Å². The third-order valence-electron chi connectivity index (χ3n) is 9.80. The topological polar surface area (TPSA) is 128 Å². The van der Waals surface area contributed by atoms with Crippen molar-refractivity contribution in [2.24, 2.45) is 5.73 Å². The van der Waals surface area contributed by atoms with Gasteiger partial charge in [-0.15, -0.1) is 0 Å². The molecule has 4 aromatic rings. The summed E-state index contributed by atoms with van der Waals surface area (Å²) >= 11 is 6.19. The predicted octanol–water partition coefficient (Wildman–Crippen LogP) is 8.00. The van der Waals surface area contributed by atoms with E-state index in [9.17, 15) is 31.2 Å². The Hall–Kier alpha value is -4.51. The van der Waals surface area contributed by atoms with Gasteiger partial charge in [-0.1, -0.05) is 54.1 Å². The first-order valence-corrected chi connectivity index (χ1v) is 19.8. The van der Waals surface area contributed by atoms with Crippen LogP contribution in [-0.4, -0.2) is 73.7 Å². The van der Waals surface area contributed by atoms with Crippen LogP contribution in [0.4, 0.5) is 22.0 Å². The average Bonchev–Trinajstić information content (AvgIpc) is 3.68. The van der Waals surface area contributed by atoms with Crippen molar-refractivity contribution in [3.63, 3.8) is 0 Å². The third kappa shape index (κ3) is 8.88. The average molecular weight is 824 g/mol. The fourth-order valence-electron chi connectivity index (χ4n) is 6.77. The van der Waals surface area contributed by atoms with Crippen LogP contribution >= 0.6 is 11.6 Å². The van der Waals surface area contributed by atoms with Crippen molar-refractivity contribution in [3.05, 3.63) is 89.4 Å². The highest BCUT2D eigenvalue weighted by molar-refractivity contribution is 7.89. The maximum absolute atomic E-state index is 17.1. The molecule has 1 aliphatic heterocycles. The van der Waals surface area contributed by atoms with Crippen LogP contribution in [0.1, 0.15) is 51.0 Å². The second-order valence-corrected chi connectivity index (χ2v) is 15.9. The van der Waals surface area contributed by atoms with Crippen molar-refractivity contribution in [1.29, 1.82) is 0 Å². The molecule has 1 amide bonds. The quantitative estimate of drug-likeness (QED) is 0.113.